The van der Waals surface area contributed by atoms with E-state index in [1.165, 1.54) is 12.1 Å². The highest BCUT2D eigenvalue weighted by atomic mass is 19.1. The van der Waals surface area contributed by atoms with Crippen LogP contribution in [0.4, 0.5) is 4.39 Å². The Bertz CT molecular complexity index is 812. The summed E-state index contributed by atoms with van der Waals surface area (Å²) in [6.45, 7) is 4.35. The number of carbonyl (C=O) groups excluding carboxylic acids is 2. The van der Waals surface area contributed by atoms with E-state index in [2.05, 4.69) is 15.7 Å². The zero-order chi connectivity index (χ0) is 19.4. The van der Waals surface area contributed by atoms with Crippen LogP contribution in [0.3, 0.4) is 0 Å². The second kappa shape index (κ2) is 8.33. The van der Waals surface area contributed by atoms with Gasteiger partial charge in [0.1, 0.15) is 5.82 Å². The lowest BCUT2D eigenvalue weighted by atomic mass is 10.1. The fourth-order valence-electron chi connectivity index (χ4n) is 3.03. The second-order valence-corrected chi connectivity index (χ2v) is 7.03. The third-order valence-electron chi connectivity index (χ3n) is 4.79. The summed E-state index contributed by atoms with van der Waals surface area (Å²) >= 11 is 0. The molecule has 2 amide bonds. The Balaban J connectivity index is 1.50. The molecule has 3 rings (SSSR count). The summed E-state index contributed by atoms with van der Waals surface area (Å²) in [5, 5.41) is 10.2. The molecule has 7 heteroatoms. The number of nitrogens with zero attached hydrogens (tertiary/aromatic N) is 2. The van der Waals surface area contributed by atoms with E-state index in [0.717, 1.165) is 29.8 Å². The third-order valence-corrected chi connectivity index (χ3v) is 4.79. The van der Waals surface area contributed by atoms with Crippen LogP contribution in [0.25, 0.3) is 5.69 Å². The van der Waals surface area contributed by atoms with Crippen molar-refractivity contribution in [1.82, 2.24) is 20.4 Å². The molecule has 1 fully saturated rings. The molecule has 6 nitrogen and oxygen atoms in total. The normalized spacial score (nSPS) is 14.6. The summed E-state index contributed by atoms with van der Waals surface area (Å²) in [6, 6.07) is 5.93. The second-order valence-electron chi connectivity index (χ2n) is 7.03. The Labute approximate surface area is 158 Å². The summed E-state index contributed by atoms with van der Waals surface area (Å²) in [5.74, 6) is -0.0538. The lowest BCUT2D eigenvalue weighted by Crippen LogP contribution is -2.29. The van der Waals surface area contributed by atoms with Crippen LogP contribution in [-0.2, 0) is 9.59 Å². The predicted octanol–water partition coefficient (Wildman–Crippen LogP) is 2.80. The van der Waals surface area contributed by atoms with Crippen LogP contribution < -0.4 is 10.6 Å². The SMILES string of the molecule is Cc1c(C(C)NC(=O)CCCNC(=O)C2CC2)cnn1-c1ccc(F)cc1. The van der Waals surface area contributed by atoms with Crippen LogP contribution in [0.2, 0.25) is 0 Å². The largest absolute Gasteiger partial charge is 0.356 e. The molecule has 1 saturated carbocycles. The van der Waals surface area contributed by atoms with Crippen molar-refractivity contribution in [2.24, 2.45) is 5.92 Å². The number of hydrogen-bond donors (Lipinski definition) is 2. The van der Waals surface area contributed by atoms with Crippen molar-refractivity contribution < 1.29 is 14.0 Å². The average molecular weight is 372 g/mol. The summed E-state index contributed by atoms with van der Waals surface area (Å²) in [7, 11) is 0. The fraction of sp³-hybridized carbons (Fsp3) is 0.450. The van der Waals surface area contributed by atoms with Crippen molar-refractivity contribution in [3.63, 3.8) is 0 Å². The van der Waals surface area contributed by atoms with Gasteiger partial charge in [-0.2, -0.15) is 5.10 Å². The van der Waals surface area contributed by atoms with E-state index >= 15 is 0 Å². The number of halogens is 1. The van der Waals surface area contributed by atoms with Crippen molar-refractivity contribution in [2.75, 3.05) is 6.54 Å². The van der Waals surface area contributed by atoms with Gasteiger partial charge < -0.3 is 10.6 Å². The molecule has 0 radical (unpaired) electrons. The Morgan fingerprint density at radius 1 is 1.30 bits per heavy atom. The van der Waals surface area contributed by atoms with E-state index in [-0.39, 0.29) is 29.6 Å². The van der Waals surface area contributed by atoms with E-state index in [1.807, 2.05) is 13.8 Å². The number of rotatable bonds is 8. The molecule has 2 N–H and O–H groups in total. The maximum Gasteiger partial charge on any atom is 0.223 e. The topological polar surface area (TPSA) is 76.0 Å². The van der Waals surface area contributed by atoms with Crippen LogP contribution in [0.1, 0.15) is 49.9 Å². The Kier molecular flexibility index (Phi) is 5.88. The van der Waals surface area contributed by atoms with Crippen molar-refractivity contribution in [2.45, 2.75) is 45.6 Å². The van der Waals surface area contributed by atoms with Gasteiger partial charge in [0.15, 0.2) is 0 Å². The number of nitrogens with one attached hydrogen (secondary N) is 2. The van der Waals surface area contributed by atoms with Gasteiger partial charge in [0, 0.05) is 30.1 Å². The van der Waals surface area contributed by atoms with Crippen molar-refractivity contribution >= 4 is 11.8 Å². The minimum atomic E-state index is -0.294. The Hall–Kier alpha value is -2.70. The third kappa shape index (κ3) is 4.93. The first-order valence-electron chi connectivity index (χ1n) is 9.33. The number of hydrogen-bond acceptors (Lipinski definition) is 3. The molecule has 1 aromatic carbocycles. The maximum absolute atomic E-state index is 13.1. The van der Waals surface area contributed by atoms with E-state index in [0.29, 0.717) is 19.4 Å². The molecule has 1 unspecified atom stereocenters. The molecule has 1 atom stereocenters. The van der Waals surface area contributed by atoms with Gasteiger partial charge in [-0.05, 0) is 57.4 Å². The zero-order valence-corrected chi connectivity index (χ0v) is 15.7. The van der Waals surface area contributed by atoms with Crippen LogP contribution >= 0.6 is 0 Å². The van der Waals surface area contributed by atoms with Gasteiger partial charge in [0.2, 0.25) is 11.8 Å². The summed E-state index contributed by atoms with van der Waals surface area (Å²) < 4.78 is 14.8. The summed E-state index contributed by atoms with van der Waals surface area (Å²) in [4.78, 5) is 23.7. The highest BCUT2D eigenvalue weighted by Crippen LogP contribution is 2.28. The zero-order valence-electron chi connectivity index (χ0n) is 15.7. The highest BCUT2D eigenvalue weighted by Gasteiger charge is 2.29. The molecule has 1 heterocycles. The van der Waals surface area contributed by atoms with Crippen LogP contribution in [0.15, 0.2) is 30.5 Å². The van der Waals surface area contributed by atoms with Gasteiger partial charge in [-0.15, -0.1) is 0 Å². The van der Waals surface area contributed by atoms with E-state index < -0.39 is 0 Å². The minimum absolute atomic E-state index is 0.0582. The molecule has 1 aromatic heterocycles. The lowest BCUT2D eigenvalue weighted by Gasteiger charge is -2.14. The van der Waals surface area contributed by atoms with Crippen molar-refractivity contribution in [3.05, 3.63) is 47.5 Å². The standard InChI is InChI=1S/C20H25FN4O2/c1-13(24-19(26)4-3-11-22-20(27)15-5-6-15)18-12-23-25(14(18)2)17-9-7-16(21)8-10-17/h7-10,12-13,15H,3-6,11H2,1-2H3,(H,22,27)(H,24,26). The molecule has 0 spiro atoms. The molecular formula is C20H25FN4O2. The molecule has 0 bridgehead atoms. The molecule has 2 aromatic rings. The molecule has 1 aliphatic carbocycles. The molecule has 0 aliphatic heterocycles. The summed E-state index contributed by atoms with van der Waals surface area (Å²) in [5.41, 5.74) is 2.57. The highest BCUT2D eigenvalue weighted by molar-refractivity contribution is 5.81. The van der Waals surface area contributed by atoms with E-state index in [9.17, 15) is 14.0 Å². The molecule has 27 heavy (non-hydrogen) atoms. The van der Waals surface area contributed by atoms with Gasteiger partial charge in [-0.1, -0.05) is 0 Å². The molecule has 1 aliphatic rings. The van der Waals surface area contributed by atoms with Crippen LogP contribution in [0.5, 0.6) is 0 Å². The Morgan fingerprint density at radius 3 is 2.67 bits per heavy atom. The van der Waals surface area contributed by atoms with Gasteiger partial charge in [-0.3, -0.25) is 9.59 Å². The van der Waals surface area contributed by atoms with Crippen LogP contribution in [-0.4, -0.2) is 28.1 Å². The predicted molar refractivity (Wildman–Crippen MR) is 99.8 cm³/mol. The van der Waals surface area contributed by atoms with Gasteiger partial charge in [0.25, 0.3) is 0 Å². The molecular weight excluding hydrogens is 347 g/mol. The van der Waals surface area contributed by atoms with E-state index in [1.54, 1.807) is 23.0 Å². The van der Waals surface area contributed by atoms with E-state index in [4.69, 9.17) is 0 Å². The number of carbonyl (C=O) groups is 2. The lowest BCUT2D eigenvalue weighted by molar-refractivity contribution is -0.123. The number of aromatic nitrogens is 2. The first-order valence-corrected chi connectivity index (χ1v) is 9.33. The maximum atomic E-state index is 13.1. The molecule has 0 saturated heterocycles. The minimum Gasteiger partial charge on any atom is -0.356 e. The fourth-order valence-corrected chi connectivity index (χ4v) is 3.03. The average Bonchev–Trinajstić information content (AvgIpc) is 3.42. The first kappa shape index (κ1) is 19.1. The first-order chi connectivity index (χ1) is 13.0. The van der Waals surface area contributed by atoms with Gasteiger partial charge in [0.05, 0.1) is 17.9 Å². The van der Waals surface area contributed by atoms with Crippen molar-refractivity contribution in [1.29, 1.82) is 0 Å². The number of benzene rings is 1. The van der Waals surface area contributed by atoms with Crippen molar-refractivity contribution in [3.8, 4) is 5.69 Å². The van der Waals surface area contributed by atoms with Gasteiger partial charge >= 0.3 is 0 Å². The van der Waals surface area contributed by atoms with Gasteiger partial charge in [-0.25, -0.2) is 9.07 Å². The monoisotopic (exact) mass is 372 g/mol. The molecule has 144 valence electrons. The Morgan fingerprint density at radius 2 is 2.00 bits per heavy atom. The van der Waals surface area contributed by atoms with Crippen LogP contribution in [0, 0.1) is 18.7 Å². The number of amides is 2. The smallest absolute Gasteiger partial charge is 0.223 e. The quantitative estimate of drug-likeness (QED) is 0.700. The summed E-state index contributed by atoms with van der Waals surface area (Å²) in [6.07, 6.45) is 4.66.